The second-order valence-electron chi connectivity index (χ2n) is 7.03. The number of para-hydroxylation sites is 1. The van der Waals surface area contributed by atoms with Crippen molar-refractivity contribution < 1.29 is 14.3 Å². The van der Waals surface area contributed by atoms with Crippen LogP contribution in [0.2, 0.25) is 0 Å². The van der Waals surface area contributed by atoms with Crippen molar-refractivity contribution in [2.24, 2.45) is 5.10 Å². The number of nitrogens with zero attached hydrogens (tertiary/aromatic N) is 1. The lowest BCUT2D eigenvalue weighted by Gasteiger charge is -2.13. The summed E-state index contributed by atoms with van der Waals surface area (Å²) in [6.07, 6.45) is 2.76. The van der Waals surface area contributed by atoms with E-state index < -0.39 is 6.10 Å². The Morgan fingerprint density at radius 3 is 2.52 bits per heavy atom. The van der Waals surface area contributed by atoms with Gasteiger partial charge in [-0.15, -0.1) is 0 Å². The third-order valence-corrected chi connectivity index (χ3v) is 4.75. The maximum atomic E-state index is 12.3. The Bertz CT molecular complexity index is 1170. The van der Waals surface area contributed by atoms with Crippen LogP contribution in [0.5, 0.6) is 11.5 Å². The summed E-state index contributed by atoms with van der Waals surface area (Å²) in [5.41, 5.74) is 5.54. The molecule has 0 bridgehead atoms. The first kappa shape index (κ1) is 20.2. The highest BCUT2D eigenvalue weighted by atomic mass is 16.5. The van der Waals surface area contributed by atoms with Crippen molar-refractivity contribution in [1.82, 2.24) is 10.4 Å². The van der Waals surface area contributed by atoms with Crippen LogP contribution in [-0.4, -0.2) is 23.2 Å². The minimum absolute atomic E-state index is 0.333. The topological polar surface area (TPSA) is 75.7 Å². The molecule has 1 atom stereocenters. The number of H-pyrrole nitrogens is 1. The normalized spacial score (nSPS) is 12.0. The molecule has 0 aliphatic rings. The van der Waals surface area contributed by atoms with Gasteiger partial charge in [-0.3, -0.25) is 4.79 Å². The number of aromatic nitrogens is 1. The number of amides is 1. The lowest BCUT2D eigenvalue weighted by atomic mass is 10.2. The van der Waals surface area contributed by atoms with Crippen LogP contribution in [0.4, 0.5) is 0 Å². The van der Waals surface area contributed by atoms with Gasteiger partial charge in [0.1, 0.15) is 18.1 Å². The zero-order valence-electron chi connectivity index (χ0n) is 17.1. The summed E-state index contributed by atoms with van der Waals surface area (Å²) in [6, 6.07) is 25.0. The second-order valence-corrected chi connectivity index (χ2v) is 7.03. The van der Waals surface area contributed by atoms with E-state index in [0.717, 1.165) is 27.8 Å². The van der Waals surface area contributed by atoms with Gasteiger partial charge in [0, 0.05) is 22.7 Å². The Morgan fingerprint density at radius 1 is 1.00 bits per heavy atom. The summed E-state index contributed by atoms with van der Waals surface area (Å²) < 4.78 is 11.5. The number of aromatic amines is 1. The number of hydrogen-bond donors (Lipinski definition) is 2. The fourth-order valence-electron chi connectivity index (χ4n) is 3.07. The number of benzene rings is 3. The Labute approximate surface area is 180 Å². The molecule has 2 N–H and O–H groups in total. The molecule has 0 fully saturated rings. The lowest BCUT2D eigenvalue weighted by Crippen LogP contribution is -2.33. The fourth-order valence-corrected chi connectivity index (χ4v) is 3.07. The quantitative estimate of drug-likeness (QED) is 0.326. The zero-order chi connectivity index (χ0) is 21.5. The van der Waals surface area contributed by atoms with E-state index in [-0.39, 0.29) is 5.91 Å². The molecule has 6 nitrogen and oxygen atoms in total. The summed E-state index contributed by atoms with van der Waals surface area (Å²) in [7, 11) is 0. The number of hydrazone groups is 1. The molecule has 0 aliphatic carbocycles. The van der Waals surface area contributed by atoms with Gasteiger partial charge in [0.15, 0.2) is 6.10 Å². The van der Waals surface area contributed by atoms with Crippen molar-refractivity contribution in [3.63, 3.8) is 0 Å². The lowest BCUT2D eigenvalue weighted by molar-refractivity contribution is -0.127. The van der Waals surface area contributed by atoms with Gasteiger partial charge in [0.05, 0.1) is 6.21 Å². The molecule has 156 valence electrons. The van der Waals surface area contributed by atoms with Gasteiger partial charge in [-0.05, 0) is 42.8 Å². The molecular formula is C25H23N3O3. The van der Waals surface area contributed by atoms with Crippen molar-refractivity contribution in [2.45, 2.75) is 19.6 Å². The van der Waals surface area contributed by atoms with Crippen molar-refractivity contribution in [2.75, 3.05) is 0 Å². The van der Waals surface area contributed by atoms with Crippen LogP contribution in [0.3, 0.4) is 0 Å². The number of carbonyl (C=O) groups is 1. The third kappa shape index (κ3) is 5.30. The Morgan fingerprint density at radius 2 is 1.71 bits per heavy atom. The molecule has 1 amide bonds. The Balaban J connectivity index is 1.27. The smallest absolute Gasteiger partial charge is 0.280 e. The number of rotatable bonds is 8. The van der Waals surface area contributed by atoms with Crippen LogP contribution in [-0.2, 0) is 11.4 Å². The highest BCUT2D eigenvalue weighted by Crippen LogP contribution is 2.20. The first-order valence-corrected chi connectivity index (χ1v) is 10.0. The molecule has 3 aromatic carbocycles. The standard InChI is InChI=1S/C25H23N3O3/c1-18(25(29)28-27-16-20-15-26-24-10-6-5-9-23(20)24)31-22-13-11-21(12-14-22)30-17-19-7-3-2-4-8-19/h2-16,18,26H,17H2,1H3,(H,28,29)/b27-16+. The number of nitrogens with one attached hydrogen (secondary N) is 2. The molecule has 0 saturated heterocycles. The van der Waals surface area contributed by atoms with E-state index in [1.165, 1.54) is 0 Å². The summed E-state index contributed by atoms with van der Waals surface area (Å²) in [4.78, 5) is 15.4. The maximum absolute atomic E-state index is 12.3. The summed E-state index contributed by atoms with van der Waals surface area (Å²) >= 11 is 0. The number of ether oxygens (including phenoxy) is 2. The summed E-state index contributed by atoms with van der Waals surface area (Å²) in [5.74, 6) is 0.979. The fraction of sp³-hybridized carbons (Fsp3) is 0.120. The Kier molecular flexibility index (Phi) is 6.28. The molecule has 0 spiro atoms. The van der Waals surface area contributed by atoms with Crippen molar-refractivity contribution >= 4 is 23.0 Å². The average molecular weight is 413 g/mol. The van der Waals surface area contributed by atoms with E-state index in [1.54, 1.807) is 25.3 Å². The number of carbonyl (C=O) groups excluding carboxylic acids is 1. The molecule has 6 heteroatoms. The number of fused-ring (bicyclic) bond motifs is 1. The van der Waals surface area contributed by atoms with Crippen LogP contribution < -0.4 is 14.9 Å². The monoisotopic (exact) mass is 413 g/mol. The van der Waals surface area contributed by atoms with Crippen LogP contribution in [0.1, 0.15) is 18.1 Å². The molecule has 0 aliphatic heterocycles. The summed E-state index contributed by atoms with van der Waals surface area (Å²) in [5, 5.41) is 5.09. The molecule has 1 aromatic heterocycles. The van der Waals surface area contributed by atoms with Crippen LogP contribution in [0, 0.1) is 0 Å². The van der Waals surface area contributed by atoms with Crippen LogP contribution >= 0.6 is 0 Å². The predicted octanol–water partition coefficient (Wildman–Crippen LogP) is 4.66. The van der Waals surface area contributed by atoms with E-state index >= 15 is 0 Å². The molecule has 4 aromatic rings. The third-order valence-electron chi connectivity index (χ3n) is 4.75. The SMILES string of the molecule is CC(Oc1ccc(OCc2ccccc2)cc1)C(=O)N/N=C/c1c[nH]c2ccccc12. The first-order chi connectivity index (χ1) is 15.2. The van der Waals surface area contributed by atoms with Crippen molar-refractivity contribution in [3.05, 3.63) is 96.2 Å². The van der Waals surface area contributed by atoms with Gasteiger partial charge < -0.3 is 14.5 Å². The molecule has 1 unspecified atom stereocenters. The van der Waals surface area contributed by atoms with E-state index in [9.17, 15) is 4.79 Å². The summed E-state index contributed by atoms with van der Waals surface area (Å²) in [6.45, 7) is 2.17. The van der Waals surface area contributed by atoms with E-state index in [2.05, 4.69) is 15.5 Å². The molecule has 31 heavy (non-hydrogen) atoms. The van der Waals surface area contributed by atoms with E-state index in [4.69, 9.17) is 9.47 Å². The van der Waals surface area contributed by atoms with Gasteiger partial charge >= 0.3 is 0 Å². The maximum Gasteiger partial charge on any atom is 0.280 e. The predicted molar refractivity (Wildman–Crippen MR) is 121 cm³/mol. The highest BCUT2D eigenvalue weighted by Gasteiger charge is 2.14. The van der Waals surface area contributed by atoms with Crippen molar-refractivity contribution in [3.8, 4) is 11.5 Å². The van der Waals surface area contributed by atoms with Crippen LogP contribution in [0.15, 0.2) is 90.2 Å². The van der Waals surface area contributed by atoms with E-state index in [0.29, 0.717) is 12.4 Å². The first-order valence-electron chi connectivity index (χ1n) is 10.0. The van der Waals surface area contributed by atoms with Gasteiger partial charge in [-0.25, -0.2) is 5.43 Å². The minimum Gasteiger partial charge on any atom is -0.489 e. The molecule has 1 heterocycles. The average Bonchev–Trinajstić information content (AvgIpc) is 3.22. The molecule has 4 rings (SSSR count). The zero-order valence-corrected chi connectivity index (χ0v) is 17.1. The van der Waals surface area contributed by atoms with Gasteiger partial charge in [0.2, 0.25) is 0 Å². The van der Waals surface area contributed by atoms with Gasteiger partial charge in [-0.1, -0.05) is 48.5 Å². The van der Waals surface area contributed by atoms with Gasteiger partial charge in [0.25, 0.3) is 5.91 Å². The number of hydrogen-bond acceptors (Lipinski definition) is 4. The molecule has 0 radical (unpaired) electrons. The van der Waals surface area contributed by atoms with Crippen molar-refractivity contribution in [1.29, 1.82) is 0 Å². The van der Waals surface area contributed by atoms with Gasteiger partial charge in [-0.2, -0.15) is 5.10 Å². The molecule has 0 saturated carbocycles. The largest absolute Gasteiger partial charge is 0.489 e. The second kappa shape index (κ2) is 9.63. The highest BCUT2D eigenvalue weighted by molar-refractivity contribution is 5.99. The molecular weight excluding hydrogens is 390 g/mol. The van der Waals surface area contributed by atoms with Crippen LogP contribution in [0.25, 0.3) is 10.9 Å². The van der Waals surface area contributed by atoms with E-state index in [1.807, 2.05) is 72.9 Å². The minimum atomic E-state index is -0.698. The Hall–Kier alpha value is -4.06.